The molecule has 0 aromatic heterocycles. The molecule has 0 aliphatic carbocycles. The van der Waals surface area contributed by atoms with E-state index in [-0.39, 0.29) is 51.6 Å². The van der Waals surface area contributed by atoms with Gasteiger partial charge in [0.15, 0.2) is 0 Å². The van der Waals surface area contributed by atoms with Gasteiger partial charge in [-0.05, 0) is 18.6 Å². The predicted molar refractivity (Wildman–Crippen MR) is 62.5 cm³/mol. The molecule has 86 valence electrons. The summed E-state index contributed by atoms with van der Waals surface area (Å²) in [6, 6.07) is 2.84. The van der Waals surface area contributed by atoms with Gasteiger partial charge < -0.3 is 1.43 Å². The summed E-state index contributed by atoms with van der Waals surface area (Å²) in [7, 11) is -4.19. The van der Waals surface area contributed by atoms with Crippen LogP contribution in [0.25, 0.3) is 0 Å². The van der Waals surface area contributed by atoms with Gasteiger partial charge in [-0.3, -0.25) is 4.55 Å². The third kappa shape index (κ3) is 3.75. The van der Waals surface area contributed by atoms with Crippen molar-refractivity contribution < 1.29 is 44.0 Å². The van der Waals surface area contributed by atoms with Crippen molar-refractivity contribution in [3.05, 3.63) is 32.8 Å². The van der Waals surface area contributed by atoms with Crippen LogP contribution < -0.4 is 29.6 Å². The van der Waals surface area contributed by atoms with E-state index in [0.717, 1.165) is 0 Å². The molecule has 0 amide bonds. The van der Waals surface area contributed by atoms with Crippen LogP contribution >= 0.6 is 34.8 Å². The average molecular weight is 314 g/mol. The van der Waals surface area contributed by atoms with Crippen LogP contribution in [0.4, 0.5) is 0 Å². The maximum Gasteiger partial charge on any atom is 1.00 e. The molecule has 3 nitrogen and oxygen atoms in total. The Morgan fingerprint density at radius 2 is 1.75 bits per heavy atom. The van der Waals surface area contributed by atoms with Crippen LogP contribution in [0.5, 0.6) is 0 Å². The number of halogens is 3. The summed E-state index contributed by atoms with van der Waals surface area (Å²) in [4.78, 5) is 0. The summed E-state index contributed by atoms with van der Waals surface area (Å²) < 4.78 is 30.7. The Bertz CT molecular complexity index is 495. The normalized spacial score (nSPS) is 13.1. The van der Waals surface area contributed by atoms with Gasteiger partial charge in [0.25, 0.3) is 10.1 Å². The molecule has 1 rings (SSSR count). The Labute approximate surface area is 133 Å². The molecular formula is C8H8Cl3NaO3S. The summed E-state index contributed by atoms with van der Waals surface area (Å²) in [5, 5.41) is -0.798. The van der Waals surface area contributed by atoms with Crippen LogP contribution in [0.15, 0.2) is 12.1 Å². The maximum absolute atomic E-state index is 10.9. The van der Waals surface area contributed by atoms with Gasteiger partial charge in [0.05, 0.1) is 15.1 Å². The van der Waals surface area contributed by atoms with E-state index < -0.39 is 15.4 Å². The molecule has 0 aliphatic heterocycles. The van der Waals surface area contributed by atoms with E-state index in [1.54, 1.807) is 0 Å². The molecule has 1 unspecified atom stereocenters. The molecule has 0 saturated carbocycles. The topological polar surface area (TPSA) is 54.4 Å². The van der Waals surface area contributed by atoms with Crippen molar-refractivity contribution in [2.75, 3.05) is 0 Å². The van der Waals surface area contributed by atoms with E-state index in [2.05, 4.69) is 0 Å². The maximum atomic E-state index is 10.9. The molecule has 0 spiro atoms. The van der Waals surface area contributed by atoms with Crippen molar-refractivity contribution in [1.82, 2.24) is 0 Å². The van der Waals surface area contributed by atoms with Crippen LogP contribution in [-0.4, -0.2) is 13.0 Å². The van der Waals surface area contributed by atoms with Crippen molar-refractivity contribution in [3.8, 4) is 0 Å². The Hall–Kier alpha value is 1.000. The summed E-state index contributed by atoms with van der Waals surface area (Å²) in [6.07, 6.45) is 0. The third-order valence-corrected chi connectivity index (χ3v) is 4.41. The molecule has 1 N–H and O–H groups in total. The molecule has 0 bridgehead atoms. The Morgan fingerprint density at radius 1 is 1.25 bits per heavy atom. The molecule has 0 saturated heterocycles. The van der Waals surface area contributed by atoms with Gasteiger partial charge >= 0.3 is 29.6 Å². The second kappa shape index (κ2) is 6.25. The molecule has 0 radical (unpaired) electrons. The molecule has 1 aromatic carbocycles. The predicted octanol–water partition coefficient (Wildman–Crippen LogP) is 0.712. The first-order chi connectivity index (χ1) is 6.75. The molecule has 1 atom stereocenters. The van der Waals surface area contributed by atoms with Crippen LogP contribution in [0.2, 0.25) is 15.1 Å². The van der Waals surface area contributed by atoms with Gasteiger partial charge in [-0.25, -0.2) is 0 Å². The quantitative estimate of drug-likeness (QED) is 0.497. The second-order valence-corrected chi connectivity index (χ2v) is 5.82. The summed E-state index contributed by atoms with van der Waals surface area (Å²) in [5.74, 6) is 0. The van der Waals surface area contributed by atoms with Gasteiger partial charge in [0.1, 0.15) is 5.25 Å². The molecule has 0 fully saturated rings. The van der Waals surface area contributed by atoms with Gasteiger partial charge in [-0.2, -0.15) is 8.42 Å². The van der Waals surface area contributed by atoms with Gasteiger partial charge in [-0.15, -0.1) is 0 Å². The Kier molecular flexibility index (Phi) is 6.64. The van der Waals surface area contributed by atoms with Crippen molar-refractivity contribution in [1.29, 1.82) is 0 Å². The fourth-order valence-corrected chi connectivity index (χ4v) is 2.30. The first-order valence-electron chi connectivity index (χ1n) is 3.85. The molecular weight excluding hydrogens is 306 g/mol. The second-order valence-electron chi connectivity index (χ2n) is 2.92. The standard InChI is InChI=1S/C8H7Cl3O3S.Na.H/c1-4(15(12,13)14)5-2-3-6(9)8(11)7(5)10;;/h2-4H,1H3,(H,12,13,14);;/q;+1;-1. The van der Waals surface area contributed by atoms with E-state index in [1.807, 2.05) is 0 Å². The van der Waals surface area contributed by atoms with Crippen LogP contribution in [0.3, 0.4) is 0 Å². The van der Waals surface area contributed by atoms with E-state index in [1.165, 1.54) is 19.1 Å². The van der Waals surface area contributed by atoms with Crippen molar-refractivity contribution in [2.45, 2.75) is 12.2 Å². The monoisotopic (exact) mass is 312 g/mol. The van der Waals surface area contributed by atoms with E-state index in [9.17, 15) is 8.42 Å². The summed E-state index contributed by atoms with van der Waals surface area (Å²) in [6.45, 7) is 1.31. The van der Waals surface area contributed by atoms with Crippen LogP contribution in [0.1, 0.15) is 19.2 Å². The molecule has 1 aromatic rings. The largest absolute Gasteiger partial charge is 1.00 e. The minimum absolute atomic E-state index is 0. The first kappa shape index (κ1) is 17.0. The minimum Gasteiger partial charge on any atom is -1.00 e. The first-order valence-corrected chi connectivity index (χ1v) is 6.48. The summed E-state index contributed by atoms with van der Waals surface area (Å²) >= 11 is 17.2. The Balaban J connectivity index is 0. The number of rotatable bonds is 2. The summed E-state index contributed by atoms with van der Waals surface area (Å²) in [5.41, 5.74) is 0.216. The fourth-order valence-electron chi connectivity index (χ4n) is 1.02. The van der Waals surface area contributed by atoms with E-state index >= 15 is 0 Å². The zero-order valence-corrected chi connectivity index (χ0v) is 13.6. The third-order valence-electron chi connectivity index (χ3n) is 1.95. The van der Waals surface area contributed by atoms with Crippen molar-refractivity contribution >= 4 is 44.9 Å². The minimum atomic E-state index is -4.19. The number of benzene rings is 1. The van der Waals surface area contributed by atoms with Gasteiger partial charge in [0.2, 0.25) is 0 Å². The smallest absolute Gasteiger partial charge is 1.00 e. The van der Waals surface area contributed by atoms with E-state index in [0.29, 0.717) is 0 Å². The number of hydrogen-bond donors (Lipinski definition) is 1. The molecule has 8 heteroatoms. The fraction of sp³-hybridized carbons (Fsp3) is 0.250. The van der Waals surface area contributed by atoms with Crippen LogP contribution in [-0.2, 0) is 10.1 Å². The zero-order valence-electron chi connectivity index (χ0n) is 9.54. The van der Waals surface area contributed by atoms with Crippen LogP contribution in [0, 0.1) is 0 Å². The Morgan fingerprint density at radius 3 is 2.19 bits per heavy atom. The molecule has 0 aliphatic rings. The SMILES string of the molecule is CC(c1ccc(Cl)c(Cl)c1Cl)S(=O)(=O)O.[H-].[Na+]. The molecule has 16 heavy (non-hydrogen) atoms. The van der Waals surface area contributed by atoms with Gasteiger partial charge in [-0.1, -0.05) is 40.9 Å². The van der Waals surface area contributed by atoms with Crippen molar-refractivity contribution in [2.24, 2.45) is 0 Å². The average Bonchev–Trinajstić information content (AvgIpc) is 2.12. The molecule has 0 heterocycles. The zero-order chi connectivity index (χ0) is 11.8. The number of hydrogen-bond acceptors (Lipinski definition) is 2. The van der Waals surface area contributed by atoms with E-state index in [4.69, 9.17) is 39.4 Å². The van der Waals surface area contributed by atoms with Gasteiger partial charge in [0, 0.05) is 0 Å². The van der Waals surface area contributed by atoms with Crippen molar-refractivity contribution in [3.63, 3.8) is 0 Å².